The van der Waals surface area contributed by atoms with E-state index in [1.54, 1.807) is 11.1 Å². The normalized spacial score (nSPS) is 35.8. The maximum atomic E-state index is 12.6. The van der Waals surface area contributed by atoms with Crippen LogP contribution in [0.15, 0.2) is 34.6 Å². The van der Waals surface area contributed by atoms with E-state index in [1.807, 2.05) is 0 Å². The number of hydrogen-bond donors (Lipinski definition) is 1. The third-order valence-corrected chi connectivity index (χ3v) is 6.99. The summed E-state index contributed by atoms with van der Waals surface area (Å²) in [7, 11) is 0. The van der Waals surface area contributed by atoms with Crippen molar-refractivity contribution in [3.8, 4) is 0 Å². The summed E-state index contributed by atoms with van der Waals surface area (Å²) in [5.74, 6) is 1.73. The molecular formula is C21H28N2O. The lowest BCUT2D eigenvalue weighted by Gasteiger charge is -2.36. The van der Waals surface area contributed by atoms with Gasteiger partial charge in [-0.15, -0.1) is 0 Å². The maximum absolute atomic E-state index is 12.6. The van der Waals surface area contributed by atoms with Gasteiger partial charge in [-0.1, -0.05) is 30.6 Å². The van der Waals surface area contributed by atoms with Gasteiger partial charge in [-0.05, 0) is 74.6 Å². The summed E-state index contributed by atoms with van der Waals surface area (Å²) in [6, 6.07) is 0. The Kier molecular flexibility index (Phi) is 3.66. The largest absolute Gasteiger partial charge is 0.325 e. The van der Waals surface area contributed by atoms with Crippen molar-refractivity contribution < 1.29 is 4.79 Å². The molecule has 0 bridgehead atoms. The minimum atomic E-state index is 0.250. The van der Waals surface area contributed by atoms with Crippen LogP contribution in [0.2, 0.25) is 0 Å². The first-order valence-electron chi connectivity index (χ1n) is 9.97. The number of nitrogens with zero attached hydrogens (tertiary/aromatic N) is 1. The standard InChI is InChI=1S/C21H28N2O/c24-21-17-8-2-1-7-15(17)19-12-18-14(13-23-10-3-4-11-23)6-5-9-16(18)20(19)22-21/h5,9,14-15,17H,1-4,6-8,10-13H2,(H,22,24). The van der Waals surface area contributed by atoms with E-state index in [9.17, 15) is 4.79 Å². The van der Waals surface area contributed by atoms with E-state index in [-0.39, 0.29) is 5.92 Å². The Bertz CT molecular complexity index is 651. The fraction of sp³-hybridized carbons (Fsp3) is 0.667. The van der Waals surface area contributed by atoms with Crippen molar-refractivity contribution in [1.29, 1.82) is 0 Å². The van der Waals surface area contributed by atoms with E-state index < -0.39 is 0 Å². The quantitative estimate of drug-likeness (QED) is 0.842. The maximum Gasteiger partial charge on any atom is 0.228 e. The number of likely N-dealkylation sites (tertiary alicyclic amines) is 1. The van der Waals surface area contributed by atoms with Crippen molar-refractivity contribution in [2.75, 3.05) is 19.6 Å². The first-order valence-corrected chi connectivity index (χ1v) is 9.97. The fourth-order valence-electron chi connectivity index (χ4n) is 5.77. The van der Waals surface area contributed by atoms with Gasteiger partial charge in [0.15, 0.2) is 0 Å². The molecule has 0 aromatic rings. The smallest absolute Gasteiger partial charge is 0.228 e. The van der Waals surface area contributed by atoms with Gasteiger partial charge >= 0.3 is 0 Å². The lowest BCUT2D eigenvalue weighted by molar-refractivity contribution is -0.127. The molecule has 1 saturated carbocycles. The van der Waals surface area contributed by atoms with Gasteiger partial charge in [-0.25, -0.2) is 0 Å². The van der Waals surface area contributed by atoms with Gasteiger partial charge < -0.3 is 10.2 Å². The molecule has 0 aromatic carbocycles. The van der Waals surface area contributed by atoms with E-state index in [0.29, 0.717) is 17.7 Å². The summed E-state index contributed by atoms with van der Waals surface area (Å²) in [4.78, 5) is 15.3. The third-order valence-electron chi connectivity index (χ3n) is 6.99. The number of carbonyl (C=O) groups excluding carboxylic acids is 1. The molecule has 3 atom stereocenters. The zero-order valence-corrected chi connectivity index (χ0v) is 14.5. The van der Waals surface area contributed by atoms with E-state index in [0.717, 1.165) is 12.8 Å². The highest BCUT2D eigenvalue weighted by Gasteiger charge is 2.43. The highest BCUT2D eigenvalue weighted by molar-refractivity contribution is 5.85. The molecule has 24 heavy (non-hydrogen) atoms. The van der Waals surface area contributed by atoms with Gasteiger partial charge in [-0.3, -0.25) is 4.79 Å². The van der Waals surface area contributed by atoms with Crippen LogP contribution in [0, 0.1) is 17.8 Å². The minimum absolute atomic E-state index is 0.250. The van der Waals surface area contributed by atoms with Crippen LogP contribution in [0.4, 0.5) is 0 Å². The van der Waals surface area contributed by atoms with Crippen molar-refractivity contribution in [3.05, 3.63) is 34.6 Å². The lowest BCUT2D eigenvalue weighted by atomic mass is 9.72. The van der Waals surface area contributed by atoms with Crippen LogP contribution in [-0.4, -0.2) is 30.4 Å². The van der Waals surface area contributed by atoms with Crippen LogP contribution >= 0.6 is 0 Å². The molecule has 0 spiro atoms. The van der Waals surface area contributed by atoms with Crippen LogP contribution < -0.4 is 5.32 Å². The monoisotopic (exact) mass is 324 g/mol. The van der Waals surface area contributed by atoms with Crippen LogP contribution in [-0.2, 0) is 4.79 Å². The highest BCUT2D eigenvalue weighted by atomic mass is 16.2. The Morgan fingerprint density at radius 3 is 2.67 bits per heavy atom. The van der Waals surface area contributed by atoms with Crippen LogP contribution in [0.5, 0.6) is 0 Å². The molecule has 2 fully saturated rings. The van der Waals surface area contributed by atoms with Crippen molar-refractivity contribution in [1.82, 2.24) is 10.2 Å². The number of amides is 1. The summed E-state index contributed by atoms with van der Waals surface area (Å²) < 4.78 is 0. The van der Waals surface area contributed by atoms with Gasteiger partial charge in [0.25, 0.3) is 0 Å². The van der Waals surface area contributed by atoms with Crippen molar-refractivity contribution in [2.45, 2.75) is 51.4 Å². The molecule has 3 heteroatoms. The number of fused-ring (bicyclic) bond motifs is 3. The van der Waals surface area contributed by atoms with Crippen molar-refractivity contribution >= 4 is 5.91 Å². The van der Waals surface area contributed by atoms with E-state index in [4.69, 9.17) is 0 Å². The molecule has 2 aliphatic heterocycles. The SMILES string of the molecule is O=C1NC2=C(CC3=C2C=CCC3CN2CCCC2)C2CCCCC12. The molecular weight excluding hydrogens is 296 g/mol. The Labute approximate surface area is 144 Å². The average molecular weight is 324 g/mol. The molecule has 5 rings (SSSR count). The zero-order valence-electron chi connectivity index (χ0n) is 14.5. The molecule has 5 aliphatic rings. The van der Waals surface area contributed by atoms with Gasteiger partial charge in [0.2, 0.25) is 5.91 Å². The minimum Gasteiger partial charge on any atom is -0.325 e. The summed E-state index contributed by atoms with van der Waals surface area (Å²) in [6.45, 7) is 3.76. The summed E-state index contributed by atoms with van der Waals surface area (Å²) in [5.41, 5.74) is 5.78. The number of allylic oxidation sites excluding steroid dienone is 3. The zero-order chi connectivity index (χ0) is 16.1. The summed E-state index contributed by atoms with van der Waals surface area (Å²) in [6.07, 6.45) is 14.5. The molecule has 1 saturated heterocycles. The number of rotatable bonds is 2. The molecule has 1 amide bonds. The molecule has 3 nitrogen and oxygen atoms in total. The van der Waals surface area contributed by atoms with E-state index in [2.05, 4.69) is 22.4 Å². The molecule has 2 heterocycles. The third kappa shape index (κ3) is 2.32. The van der Waals surface area contributed by atoms with Crippen LogP contribution in [0.1, 0.15) is 51.4 Å². The Hall–Kier alpha value is -1.35. The molecule has 0 aromatic heterocycles. The van der Waals surface area contributed by atoms with Gasteiger partial charge in [-0.2, -0.15) is 0 Å². The topological polar surface area (TPSA) is 32.3 Å². The second kappa shape index (κ2) is 5.87. The molecule has 1 N–H and O–H groups in total. The molecule has 0 radical (unpaired) electrons. The predicted octanol–water partition coefficient (Wildman–Crippen LogP) is 3.55. The first-order chi connectivity index (χ1) is 11.8. The summed E-state index contributed by atoms with van der Waals surface area (Å²) in [5, 5.41) is 3.31. The molecule has 128 valence electrons. The Morgan fingerprint density at radius 2 is 1.83 bits per heavy atom. The number of hydrogen-bond acceptors (Lipinski definition) is 2. The van der Waals surface area contributed by atoms with Crippen molar-refractivity contribution in [2.24, 2.45) is 17.8 Å². The van der Waals surface area contributed by atoms with E-state index >= 15 is 0 Å². The number of carbonyl (C=O) groups is 1. The number of nitrogens with one attached hydrogen (secondary N) is 1. The van der Waals surface area contributed by atoms with Gasteiger partial charge in [0, 0.05) is 18.2 Å². The average Bonchev–Trinajstić information content (AvgIpc) is 3.24. The second-order valence-electron chi connectivity index (χ2n) is 8.35. The highest BCUT2D eigenvalue weighted by Crippen LogP contribution is 2.49. The Morgan fingerprint density at radius 1 is 1.04 bits per heavy atom. The summed E-state index contributed by atoms with van der Waals surface area (Å²) >= 11 is 0. The fourth-order valence-corrected chi connectivity index (χ4v) is 5.77. The Balaban J connectivity index is 1.42. The molecule has 3 aliphatic carbocycles. The molecule has 3 unspecified atom stereocenters. The van der Waals surface area contributed by atoms with Crippen molar-refractivity contribution in [3.63, 3.8) is 0 Å². The predicted molar refractivity (Wildman–Crippen MR) is 95.2 cm³/mol. The lowest BCUT2D eigenvalue weighted by Crippen LogP contribution is -2.42. The van der Waals surface area contributed by atoms with Crippen LogP contribution in [0.25, 0.3) is 0 Å². The van der Waals surface area contributed by atoms with E-state index in [1.165, 1.54) is 69.4 Å². The van der Waals surface area contributed by atoms with Gasteiger partial charge in [0.05, 0.1) is 0 Å². The first kappa shape index (κ1) is 14.9. The second-order valence-corrected chi connectivity index (χ2v) is 8.35. The van der Waals surface area contributed by atoms with Gasteiger partial charge in [0.1, 0.15) is 0 Å². The van der Waals surface area contributed by atoms with Crippen LogP contribution in [0.3, 0.4) is 0 Å².